The Balaban J connectivity index is 1.91. The lowest BCUT2D eigenvalue weighted by atomic mass is 9.88. The lowest BCUT2D eigenvalue weighted by molar-refractivity contribution is -0.102. The Labute approximate surface area is 130 Å². The van der Waals surface area contributed by atoms with Crippen LogP contribution in [0, 0.1) is 5.82 Å². The van der Waals surface area contributed by atoms with Crippen LogP contribution in [-0.4, -0.2) is 36.7 Å². The molecule has 2 aliphatic rings. The van der Waals surface area contributed by atoms with Crippen LogP contribution >= 0.6 is 11.6 Å². The topological polar surface area (TPSA) is 38.5 Å². The van der Waals surface area contributed by atoms with Gasteiger partial charge in [-0.2, -0.15) is 0 Å². The van der Waals surface area contributed by atoms with E-state index in [0.29, 0.717) is 29.8 Å². The van der Waals surface area contributed by atoms with Crippen molar-refractivity contribution in [3.8, 4) is 0 Å². The third-order valence-corrected chi connectivity index (χ3v) is 5.06. The maximum atomic E-state index is 14.3. The molecule has 2 N–H and O–H groups in total. The molecule has 0 radical (unpaired) electrons. The Morgan fingerprint density at radius 3 is 2.95 bits per heavy atom. The second kappa shape index (κ2) is 6.61. The van der Waals surface area contributed by atoms with Crippen molar-refractivity contribution in [3.05, 3.63) is 34.6 Å². The van der Waals surface area contributed by atoms with E-state index in [1.807, 2.05) is 0 Å². The molecular formula is C16H22ClFN2O. The highest BCUT2D eigenvalue weighted by Crippen LogP contribution is 2.36. The summed E-state index contributed by atoms with van der Waals surface area (Å²) >= 11 is 6.24. The van der Waals surface area contributed by atoms with Gasteiger partial charge in [0.2, 0.25) is 0 Å². The Kier molecular flexibility index (Phi) is 4.79. The summed E-state index contributed by atoms with van der Waals surface area (Å²) in [7, 11) is 0. The summed E-state index contributed by atoms with van der Waals surface area (Å²) in [6.45, 7) is 1.83. The Morgan fingerprint density at radius 2 is 2.19 bits per heavy atom. The Hall–Kier alpha value is -0.680. The number of fused-ring (bicyclic) bond motifs is 1. The largest absolute Gasteiger partial charge is 0.375 e. The van der Waals surface area contributed by atoms with Gasteiger partial charge in [-0.25, -0.2) is 4.39 Å². The zero-order chi connectivity index (χ0) is 14.8. The average molecular weight is 313 g/mol. The van der Waals surface area contributed by atoms with Crippen molar-refractivity contribution in [1.82, 2.24) is 4.90 Å². The lowest BCUT2D eigenvalue weighted by Crippen LogP contribution is -2.55. The van der Waals surface area contributed by atoms with Gasteiger partial charge in [-0.15, -0.1) is 0 Å². The molecule has 1 heterocycles. The molecule has 21 heavy (non-hydrogen) atoms. The molecule has 0 aromatic heterocycles. The van der Waals surface area contributed by atoms with Gasteiger partial charge in [-0.1, -0.05) is 30.5 Å². The number of nitrogens with zero attached hydrogens (tertiary/aromatic N) is 1. The van der Waals surface area contributed by atoms with Crippen LogP contribution in [0.2, 0.25) is 5.02 Å². The van der Waals surface area contributed by atoms with Gasteiger partial charge in [0.25, 0.3) is 0 Å². The minimum atomic E-state index is -0.267. The Morgan fingerprint density at radius 1 is 1.38 bits per heavy atom. The van der Waals surface area contributed by atoms with E-state index < -0.39 is 0 Å². The van der Waals surface area contributed by atoms with Gasteiger partial charge in [-0.3, -0.25) is 4.90 Å². The normalized spacial score (nSPS) is 28.1. The highest BCUT2D eigenvalue weighted by atomic mass is 35.5. The highest BCUT2D eigenvalue weighted by molar-refractivity contribution is 6.31. The average Bonchev–Trinajstić information content (AvgIpc) is 2.51. The number of halogens is 2. The van der Waals surface area contributed by atoms with Crippen molar-refractivity contribution in [2.45, 2.75) is 43.9 Å². The molecule has 1 aromatic rings. The van der Waals surface area contributed by atoms with Crippen LogP contribution in [0.25, 0.3) is 0 Å². The number of ether oxygens (including phenoxy) is 1. The highest BCUT2D eigenvalue weighted by Gasteiger charge is 2.38. The first-order valence-corrected chi connectivity index (χ1v) is 8.11. The predicted octanol–water partition coefficient (Wildman–Crippen LogP) is 3.12. The SMILES string of the molecule is NCC(c1c(F)cccc1Cl)N1CCOC2CCCCC21. The van der Waals surface area contributed by atoms with Crippen molar-refractivity contribution < 1.29 is 9.13 Å². The van der Waals surface area contributed by atoms with Gasteiger partial charge < -0.3 is 10.5 Å². The second-order valence-electron chi connectivity index (χ2n) is 5.89. The Bertz CT molecular complexity index is 477. The smallest absolute Gasteiger partial charge is 0.129 e. The van der Waals surface area contributed by atoms with Gasteiger partial charge in [0.15, 0.2) is 0 Å². The number of benzene rings is 1. The maximum Gasteiger partial charge on any atom is 0.129 e. The molecule has 1 aliphatic heterocycles. The number of hydrogen-bond donors (Lipinski definition) is 1. The van der Waals surface area contributed by atoms with Crippen molar-refractivity contribution in [3.63, 3.8) is 0 Å². The molecule has 3 unspecified atom stereocenters. The lowest BCUT2D eigenvalue weighted by Gasteiger charge is -2.47. The summed E-state index contributed by atoms with van der Waals surface area (Å²) in [5.41, 5.74) is 6.52. The number of nitrogens with two attached hydrogens (primary N) is 1. The summed E-state index contributed by atoms with van der Waals surface area (Å²) in [5, 5.41) is 0.462. The zero-order valence-electron chi connectivity index (χ0n) is 12.1. The van der Waals surface area contributed by atoms with Crippen LogP contribution in [-0.2, 0) is 4.74 Å². The first kappa shape index (κ1) is 15.2. The minimum absolute atomic E-state index is 0.173. The molecule has 1 saturated carbocycles. The molecule has 116 valence electrons. The van der Waals surface area contributed by atoms with E-state index in [0.717, 1.165) is 19.4 Å². The van der Waals surface area contributed by atoms with Crippen LogP contribution in [0.5, 0.6) is 0 Å². The van der Waals surface area contributed by atoms with E-state index in [1.54, 1.807) is 12.1 Å². The molecule has 0 amide bonds. The van der Waals surface area contributed by atoms with Crippen molar-refractivity contribution in [2.75, 3.05) is 19.7 Å². The molecule has 0 bridgehead atoms. The van der Waals surface area contributed by atoms with E-state index in [2.05, 4.69) is 4.90 Å². The summed E-state index contributed by atoms with van der Waals surface area (Å²) in [5.74, 6) is -0.267. The summed E-state index contributed by atoms with van der Waals surface area (Å²) in [6, 6.07) is 4.99. The molecule has 3 atom stereocenters. The van der Waals surface area contributed by atoms with Gasteiger partial charge in [0, 0.05) is 29.7 Å². The molecule has 3 nitrogen and oxygen atoms in total. The van der Waals surface area contributed by atoms with Crippen molar-refractivity contribution in [1.29, 1.82) is 0 Å². The van der Waals surface area contributed by atoms with Gasteiger partial charge >= 0.3 is 0 Å². The summed E-state index contributed by atoms with van der Waals surface area (Å²) in [4.78, 5) is 2.32. The fourth-order valence-electron chi connectivity index (χ4n) is 3.76. The standard InChI is InChI=1S/C16H22ClFN2O/c17-11-4-3-5-12(18)16(11)14(10-19)20-8-9-21-15-7-2-1-6-13(15)20/h3-5,13-15H,1-2,6-10,19H2. The van der Waals surface area contributed by atoms with Crippen LogP contribution < -0.4 is 5.73 Å². The molecule has 3 rings (SSSR count). The van der Waals surface area contributed by atoms with Crippen LogP contribution in [0.15, 0.2) is 18.2 Å². The van der Waals surface area contributed by atoms with Crippen molar-refractivity contribution in [2.24, 2.45) is 5.73 Å². The third kappa shape index (κ3) is 2.95. The number of hydrogen-bond acceptors (Lipinski definition) is 3. The van der Waals surface area contributed by atoms with Crippen LogP contribution in [0.3, 0.4) is 0 Å². The van der Waals surface area contributed by atoms with Gasteiger partial charge in [-0.05, 0) is 25.0 Å². The van der Waals surface area contributed by atoms with E-state index in [4.69, 9.17) is 22.1 Å². The molecule has 1 aromatic carbocycles. The summed E-state index contributed by atoms with van der Waals surface area (Å²) < 4.78 is 20.2. The minimum Gasteiger partial charge on any atom is -0.375 e. The van der Waals surface area contributed by atoms with Crippen LogP contribution in [0.1, 0.15) is 37.3 Å². The molecule has 2 fully saturated rings. The first-order chi connectivity index (χ1) is 10.2. The van der Waals surface area contributed by atoms with Gasteiger partial charge in [0.05, 0.1) is 18.8 Å². The fraction of sp³-hybridized carbons (Fsp3) is 0.625. The maximum absolute atomic E-state index is 14.3. The number of rotatable bonds is 3. The number of morpholine rings is 1. The fourth-order valence-corrected chi connectivity index (χ4v) is 4.05. The van der Waals surface area contributed by atoms with Crippen molar-refractivity contribution >= 4 is 11.6 Å². The molecule has 1 aliphatic carbocycles. The zero-order valence-corrected chi connectivity index (χ0v) is 12.9. The summed E-state index contributed by atoms with van der Waals surface area (Å²) in [6.07, 6.45) is 4.84. The quantitative estimate of drug-likeness (QED) is 0.932. The van der Waals surface area contributed by atoms with E-state index >= 15 is 0 Å². The monoisotopic (exact) mass is 312 g/mol. The first-order valence-electron chi connectivity index (χ1n) is 7.73. The molecular weight excluding hydrogens is 291 g/mol. The second-order valence-corrected chi connectivity index (χ2v) is 6.29. The van der Waals surface area contributed by atoms with E-state index in [1.165, 1.54) is 18.9 Å². The van der Waals surface area contributed by atoms with Gasteiger partial charge in [0.1, 0.15) is 5.82 Å². The molecule has 5 heteroatoms. The third-order valence-electron chi connectivity index (χ3n) is 4.73. The van der Waals surface area contributed by atoms with Crippen LogP contribution in [0.4, 0.5) is 4.39 Å². The van der Waals surface area contributed by atoms with E-state index in [9.17, 15) is 4.39 Å². The molecule has 1 saturated heterocycles. The van der Waals surface area contributed by atoms with E-state index in [-0.39, 0.29) is 18.0 Å². The molecule has 0 spiro atoms. The predicted molar refractivity (Wildman–Crippen MR) is 81.9 cm³/mol.